The summed E-state index contributed by atoms with van der Waals surface area (Å²) in [7, 11) is 0. The second-order valence-corrected chi connectivity index (χ2v) is 21.8. The molecule has 0 aliphatic carbocycles. The van der Waals surface area contributed by atoms with E-state index in [1.807, 2.05) is 218 Å². The summed E-state index contributed by atoms with van der Waals surface area (Å²) in [5.74, 6) is 4.00. The van der Waals surface area contributed by atoms with E-state index in [2.05, 4.69) is 39.8 Å². The second-order valence-electron chi connectivity index (χ2n) is 21.8. The zero-order valence-corrected chi connectivity index (χ0v) is 49.2. The van der Waals surface area contributed by atoms with Crippen molar-refractivity contribution in [2.75, 3.05) is 0 Å². The Morgan fingerprint density at radius 2 is 0.591 bits per heavy atom. The highest BCUT2D eigenvalue weighted by molar-refractivity contribution is 6.13. The van der Waals surface area contributed by atoms with Gasteiger partial charge in [0.05, 0.1) is 52.6 Å². The number of benzene rings is 11. The zero-order valence-electron chi connectivity index (χ0n) is 49.2. The van der Waals surface area contributed by atoms with Gasteiger partial charge in [-0.2, -0.15) is 15.8 Å². The molecular weight excluding hydrogens is 1140 g/mol. The third-order valence-corrected chi connectivity index (χ3v) is 16.1. The Balaban J connectivity index is 1.07. The standard InChI is InChI=1S/C79H44N14/c1-83-61-35-37-63(60(41-61)48-82)67-45-58(79-91-75(54-28-16-6-17-29-54)86-76(92-79)55-30-18-7-19-31-55)44-66(62-36-32-49(46-80)40-59(62)47-81)70(67)93-68-38-33-56(77-87-71(50-20-8-2-9-21-50)84-72(88-77)51-22-10-3-11-23-51)42-64(68)65-43-57(34-39-69(65)93)78-89-73(52-24-12-4-13-25-52)85-74(90-78)53-26-14-5-15-27-53/h2-45H. The van der Waals surface area contributed by atoms with Crippen LogP contribution in [-0.2, 0) is 0 Å². The van der Waals surface area contributed by atoms with Crippen molar-refractivity contribution >= 4 is 27.5 Å². The number of nitriles is 3. The molecule has 11 aromatic carbocycles. The average Bonchev–Trinajstić information content (AvgIpc) is 1.43. The van der Waals surface area contributed by atoms with Gasteiger partial charge in [-0.05, 0) is 72.3 Å². The SMILES string of the molecule is [C-]#[N+]c1ccc(-c2cc(-c3nc(-c4ccccc4)nc(-c4ccccc4)n3)cc(-c3ccc(C#N)cc3C#N)c2-n2c3ccc(-c4nc(-c5ccccc5)nc(-c5ccccc5)n4)cc3c3cc(-c4nc(-c5ccccc5)nc(-c5ccccc5)n4)ccc32)c(C#N)c1. The number of fused-ring (bicyclic) bond motifs is 3. The molecule has 14 nitrogen and oxygen atoms in total. The Bertz CT molecular complexity index is 5150. The number of nitrogens with zero attached hydrogens (tertiary/aromatic N) is 14. The van der Waals surface area contributed by atoms with Crippen molar-refractivity contribution in [2.24, 2.45) is 0 Å². The third kappa shape index (κ3) is 10.7. The normalized spacial score (nSPS) is 11.0. The van der Waals surface area contributed by atoms with Crippen molar-refractivity contribution < 1.29 is 0 Å². The summed E-state index contributed by atoms with van der Waals surface area (Å²) in [5.41, 5.74) is 11.7. The predicted octanol–water partition coefficient (Wildman–Crippen LogP) is 17.8. The van der Waals surface area contributed by atoms with E-state index in [1.165, 1.54) is 0 Å². The first-order valence-corrected chi connectivity index (χ1v) is 29.6. The van der Waals surface area contributed by atoms with Gasteiger partial charge < -0.3 is 4.57 Å². The highest BCUT2D eigenvalue weighted by atomic mass is 15.1. The summed E-state index contributed by atoms with van der Waals surface area (Å²) >= 11 is 0. The van der Waals surface area contributed by atoms with Crippen LogP contribution >= 0.6 is 0 Å². The van der Waals surface area contributed by atoms with E-state index in [-0.39, 0.29) is 22.4 Å². The Hall–Kier alpha value is -13.8. The molecule has 0 spiro atoms. The van der Waals surface area contributed by atoms with Crippen LogP contribution in [0.15, 0.2) is 267 Å². The van der Waals surface area contributed by atoms with Gasteiger partial charge in [-0.1, -0.05) is 200 Å². The summed E-state index contributed by atoms with van der Waals surface area (Å²) in [6.07, 6.45) is 0. The fourth-order valence-corrected chi connectivity index (χ4v) is 11.6. The fourth-order valence-electron chi connectivity index (χ4n) is 11.6. The Labute approximate surface area is 533 Å². The Morgan fingerprint density at radius 3 is 0.914 bits per heavy atom. The Kier molecular flexibility index (Phi) is 14.4. The topological polar surface area (TPSA) is 197 Å². The van der Waals surface area contributed by atoms with E-state index < -0.39 is 0 Å². The van der Waals surface area contributed by atoms with Crippen LogP contribution in [0.25, 0.3) is 157 Å². The van der Waals surface area contributed by atoms with E-state index in [4.69, 9.17) is 51.4 Å². The van der Waals surface area contributed by atoms with Gasteiger partial charge in [0.2, 0.25) is 0 Å². The number of rotatable bonds is 12. The van der Waals surface area contributed by atoms with Gasteiger partial charge in [-0.25, -0.2) is 49.7 Å². The molecule has 0 atom stereocenters. The van der Waals surface area contributed by atoms with Crippen molar-refractivity contribution in [1.82, 2.24) is 49.4 Å². The van der Waals surface area contributed by atoms with Crippen LogP contribution in [-0.4, -0.2) is 49.4 Å². The number of hydrogen-bond acceptors (Lipinski definition) is 12. The summed E-state index contributed by atoms with van der Waals surface area (Å²) < 4.78 is 2.14. The van der Waals surface area contributed by atoms with Crippen molar-refractivity contribution in [3.63, 3.8) is 0 Å². The maximum Gasteiger partial charge on any atom is 0.188 e. The molecule has 4 aromatic heterocycles. The monoisotopic (exact) mass is 1190 g/mol. The van der Waals surface area contributed by atoms with Gasteiger partial charge in [0.25, 0.3) is 0 Å². The van der Waals surface area contributed by atoms with E-state index in [0.29, 0.717) is 108 Å². The minimum atomic E-state index is 0.217. The molecule has 0 saturated carbocycles. The molecule has 15 rings (SSSR count). The molecule has 0 aliphatic rings. The van der Waals surface area contributed by atoms with Crippen LogP contribution in [0.3, 0.4) is 0 Å². The van der Waals surface area contributed by atoms with Gasteiger partial charge >= 0.3 is 0 Å². The largest absolute Gasteiger partial charge is 0.308 e. The number of hydrogen-bond donors (Lipinski definition) is 0. The molecule has 0 aliphatic heterocycles. The van der Waals surface area contributed by atoms with Gasteiger partial charge in [0, 0.05) is 83.1 Å². The van der Waals surface area contributed by atoms with Gasteiger partial charge in [0.15, 0.2) is 58.1 Å². The molecular formula is C79H44N14. The van der Waals surface area contributed by atoms with E-state index in [9.17, 15) is 15.8 Å². The summed E-state index contributed by atoms with van der Waals surface area (Å²) in [6.45, 7) is 8.07. The molecule has 0 unspecified atom stereocenters. The van der Waals surface area contributed by atoms with Crippen LogP contribution in [0.4, 0.5) is 5.69 Å². The van der Waals surface area contributed by atoms with Crippen molar-refractivity contribution in [2.45, 2.75) is 0 Å². The Morgan fingerprint density at radius 1 is 0.280 bits per heavy atom. The van der Waals surface area contributed by atoms with E-state index in [0.717, 1.165) is 44.2 Å². The minimum Gasteiger partial charge on any atom is -0.308 e. The first-order valence-electron chi connectivity index (χ1n) is 29.6. The van der Waals surface area contributed by atoms with Crippen molar-refractivity contribution in [1.29, 1.82) is 15.8 Å². The zero-order chi connectivity index (χ0) is 62.8. The molecule has 14 heteroatoms. The lowest BCUT2D eigenvalue weighted by molar-refractivity contribution is 1.07. The highest BCUT2D eigenvalue weighted by Crippen LogP contribution is 2.47. The lowest BCUT2D eigenvalue weighted by Crippen LogP contribution is -2.05. The molecule has 0 bridgehead atoms. The smallest absolute Gasteiger partial charge is 0.188 e. The fraction of sp³-hybridized carbons (Fsp3) is 0. The van der Waals surface area contributed by atoms with E-state index >= 15 is 0 Å². The summed E-state index contributed by atoms with van der Waals surface area (Å²) in [5, 5.41) is 34.4. The van der Waals surface area contributed by atoms with Crippen LogP contribution in [0.5, 0.6) is 0 Å². The molecule has 93 heavy (non-hydrogen) atoms. The highest BCUT2D eigenvalue weighted by Gasteiger charge is 2.27. The molecule has 0 N–H and O–H groups in total. The first kappa shape index (κ1) is 55.8. The van der Waals surface area contributed by atoms with Gasteiger partial charge in [-0.15, -0.1) is 0 Å². The van der Waals surface area contributed by atoms with Crippen molar-refractivity contribution in [3.8, 4) is 149 Å². The molecule has 430 valence electrons. The molecule has 0 fully saturated rings. The van der Waals surface area contributed by atoms with E-state index in [1.54, 1.807) is 36.4 Å². The first-order chi connectivity index (χ1) is 45.9. The lowest BCUT2D eigenvalue weighted by atomic mass is 9.88. The van der Waals surface area contributed by atoms with Gasteiger partial charge in [-0.3, -0.25) is 0 Å². The quantitative estimate of drug-likeness (QED) is 0.105. The number of aromatic nitrogens is 10. The molecule has 4 heterocycles. The average molecular weight is 1190 g/mol. The molecule has 15 aromatic rings. The lowest BCUT2D eigenvalue weighted by Gasteiger charge is -2.22. The van der Waals surface area contributed by atoms with Crippen LogP contribution in [0, 0.1) is 40.6 Å². The van der Waals surface area contributed by atoms with Crippen molar-refractivity contribution in [3.05, 3.63) is 295 Å². The van der Waals surface area contributed by atoms with Crippen LogP contribution < -0.4 is 0 Å². The molecule has 0 amide bonds. The maximum atomic E-state index is 11.2. The summed E-state index contributed by atoms with van der Waals surface area (Å²) in [4.78, 5) is 49.9. The van der Waals surface area contributed by atoms with Crippen LogP contribution in [0.2, 0.25) is 0 Å². The second kappa shape index (κ2) is 24.1. The maximum absolute atomic E-state index is 11.2. The predicted molar refractivity (Wildman–Crippen MR) is 361 cm³/mol. The molecule has 0 saturated heterocycles. The van der Waals surface area contributed by atoms with Gasteiger partial charge in [0.1, 0.15) is 0 Å². The molecule has 0 radical (unpaired) electrons. The summed E-state index contributed by atoms with van der Waals surface area (Å²) in [6, 6.07) is 91.9. The van der Waals surface area contributed by atoms with Crippen LogP contribution in [0.1, 0.15) is 16.7 Å². The minimum absolute atomic E-state index is 0.217. The third-order valence-electron chi connectivity index (χ3n) is 16.1.